The van der Waals surface area contributed by atoms with Gasteiger partial charge in [0.05, 0.1) is 22.8 Å². The SMILES string of the molecule is NC(=O)[C@@H]1[C@H](Nc2c(Cl)cnc3nc(-c4ccc(C(=O)N5CCNCC5)cc4)[nH]c23)[C@H]2C=C[C@@H]1C2. The third-order valence-corrected chi connectivity index (χ3v) is 7.67. The minimum atomic E-state index is -0.304. The van der Waals surface area contributed by atoms with Crippen molar-refractivity contribution in [2.75, 3.05) is 31.5 Å². The molecule has 1 saturated heterocycles. The first-order chi connectivity index (χ1) is 17.0. The summed E-state index contributed by atoms with van der Waals surface area (Å²) < 4.78 is 0. The minimum absolute atomic E-state index is 0.0338. The molecule has 9 nitrogen and oxygen atoms in total. The van der Waals surface area contributed by atoms with E-state index in [9.17, 15) is 9.59 Å². The monoisotopic (exact) mass is 491 g/mol. The van der Waals surface area contributed by atoms with Gasteiger partial charge in [0.25, 0.3) is 5.91 Å². The molecular weight excluding hydrogens is 466 g/mol. The number of hydrogen-bond donors (Lipinski definition) is 4. The van der Waals surface area contributed by atoms with Gasteiger partial charge < -0.3 is 26.3 Å². The highest BCUT2D eigenvalue weighted by Crippen LogP contribution is 2.46. The number of anilines is 1. The van der Waals surface area contributed by atoms with Crippen LogP contribution in [-0.4, -0.2) is 63.9 Å². The smallest absolute Gasteiger partial charge is 0.253 e. The fourth-order valence-electron chi connectivity index (χ4n) is 5.61. The van der Waals surface area contributed by atoms with E-state index in [1.165, 1.54) is 0 Å². The van der Waals surface area contributed by atoms with Crippen molar-refractivity contribution < 1.29 is 9.59 Å². The molecule has 2 aromatic heterocycles. The van der Waals surface area contributed by atoms with E-state index in [0.29, 0.717) is 46.4 Å². The van der Waals surface area contributed by atoms with Crippen molar-refractivity contribution in [2.24, 2.45) is 23.5 Å². The number of H-pyrrole nitrogens is 1. The van der Waals surface area contributed by atoms with E-state index in [1.807, 2.05) is 29.2 Å². The third kappa shape index (κ3) is 3.84. The Balaban J connectivity index is 1.28. The lowest BCUT2D eigenvalue weighted by molar-refractivity contribution is -0.122. The molecule has 2 amide bonds. The first-order valence-electron chi connectivity index (χ1n) is 11.9. The summed E-state index contributed by atoms with van der Waals surface area (Å²) in [5.74, 6) is 0.449. The Morgan fingerprint density at radius 2 is 1.86 bits per heavy atom. The molecule has 3 heterocycles. The van der Waals surface area contributed by atoms with Crippen molar-refractivity contribution >= 4 is 40.3 Å². The summed E-state index contributed by atoms with van der Waals surface area (Å²) in [7, 11) is 0. The second kappa shape index (κ2) is 8.66. The van der Waals surface area contributed by atoms with Crippen LogP contribution in [-0.2, 0) is 4.79 Å². The molecule has 1 aromatic carbocycles. The van der Waals surface area contributed by atoms with Gasteiger partial charge in [-0.25, -0.2) is 9.97 Å². The van der Waals surface area contributed by atoms with E-state index in [4.69, 9.17) is 17.3 Å². The van der Waals surface area contributed by atoms with Crippen molar-refractivity contribution in [3.8, 4) is 11.4 Å². The molecule has 0 spiro atoms. The zero-order valence-electron chi connectivity index (χ0n) is 19.0. The predicted octanol–water partition coefficient (Wildman–Crippen LogP) is 2.41. The fourth-order valence-corrected chi connectivity index (χ4v) is 5.80. The molecule has 2 fully saturated rings. The first-order valence-corrected chi connectivity index (χ1v) is 12.3. The topological polar surface area (TPSA) is 129 Å². The summed E-state index contributed by atoms with van der Waals surface area (Å²) >= 11 is 6.54. The molecular formula is C25H26ClN7O2. The van der Waals surface area contributed by atoms with Gasteiger partial charge in [0, 0.05) is 43.3 Å². The molecule has 3 aromatic rings. The molecule has 35 heavy (non-hydrogen) atoms. The number of allylic oxidation sites excluding steroid dienone is 1. The summed E-state index contributed by atoms with van der Waals surface area (Å²) in [5.41, 5.74) is 9.07. The Morgan fingerprint density at radius 3 is 2.60 bits per heavy atom. The average molecular weight is 492 g/mol. The lowest BCUT2D eigenvalue weighted by atomic mass is 9.88. The maximum absolute atomic E-state index is 12.8. The van der Waals surface area contributed by atoms with Crippen LogP contribution >= 0.6 is 11.6 Å². The molecule has 1 aliphatic heterocycles. The van der Waals surface area contributed by atoms with Crippen molar-refractivity contribution in [3.05, 3.63) is 53.2 Å². The molecule has 3 aliphatic rings. The second-order valence-electron chi connectivity index (χ2n) is 9.43. The third-order valence-electron chi connectivity index (χ3n) is 7.38. The standard InChI is InChI=1S/C25H26ClN7O2/c26-17-12-29-24-21(20(17)30-19-16-6-5-15(11-16)18(19)22(27)34)31-23(32-24)13-1-3-14(4-2-13)25(35)33-9-7-28-8-10-33/h1-6,12,15-16,18-19,28H,7-11H2,(H2,27,34)(H2,29,30,31,32)/t15-,16+,18+,19-/m1/s1. The molecule has 2 aliphatic carbocycles. The fraction of sp³-hybridized carbons (Fsp3) is 0.360. The van der Waals surface area contributed by atoms with Gasteiger partial charge in [0.15, 0.2) is 5.65 Å². The number of imidazole rings is 1. The molecule has 1 saturated carbocycles. The number of rotatable bonds is 5. The number of carbonyl (C=O) groups excluding carboxylic acids is 2. The van der Waals surface area contributed by atoms with Crippen LogP contribution in [0.15, 0.2) is 42.6 Å². The lowest BCUT2D eigenvalue weighted by Gasteiger charge is -2.28. The van der Waals surface area contributed by atoms with E-state index in [-0.39, 0.29) is 35.6 Å². The van der Waals surface area contributed by atoms with Crippen molar-refractivity contribution in [1.29, 1.82) is 0 Å². The highest BCUT2D eigenvalue weighted by atomic mass is 35.5. The Bertz CT molecular complexity index is 1330. The highest BCUT2D eigenvalue weighted by molar-refractivity contribution is 6.34. The molecule has 4 atom stereocenters. The number of amides is 2. The number of benzene rings is 1. The van der Waals surface area contributed by atoms with Gasteiger partial charge >= 0.3 is 0 Å². The summed E-state index contributed by atoms with van der Waals surface area (Å²) in [5, 5.41) is 7.19. The molecule has 2 bridgehead atoms. The Hall–Kier alpha value is -3.43. The van der Waals surface area contributed by atoms with E-state index in [0.717, 1.165) is 25.1 Å². The van der Waals surface area contributed by atoms with E-state index in [1.54, 1.807) is 6.20 Å². The van der Waals surface area contributed by atoms with Crippen LogP contribution in [0.3, 0.4) is 0 Å². The predicted molar refractivity (Wildman–Crippen MR) is 134 cm³/mol. The number of carbonyl (C=O) groups is 2. The summed E-state index contributed by atoms with van der Waals surface area (Å²) in [6.45, 7) is 3.05. The number of nitrogens with one attached hydrogen (secondary N) is 3. The Kier molecular flexibility index (Phi) is 5.46. The molecule has 180 valence electrons. The Labute approximate surface area is 207 Å². The molecule has 5 N–H and O–H groups in total. The number of piperazine rings is 1. The maximum atomic E-state index is 12.8. The van der Waals surface area contributed by atoms with Gasteiger partial charge in [-0.15, -0.1) is 0 Å². The molecule has 6 rings (SSSR count). The highest BCUT2D eigenvalue weighted by Gasteiger charge is 2.47. The second-order valence-corrected chi connectivity index (χ2v) is 9.84. The van der Waals surface area contributed by atoms with Crippen LogP contribution in [0.4, 0.5) is 5.69 Å². The van der Waals surface area contributed by atoms with E-state index < -0.39 is 0 Å². The van der Waals surface area contributed by atoms with E-state index >= 15 is 0 Å². The number of nitrogens with two attached hydrogens (primary N) is 1. The molecule has 10 heteroatoms. The van der Waals surface area contributed by atoms with Gasteiger partial charge in [0.2, 0.25) is 5.91 Å². The number of nitrogens with zero attached hydrogens (tertiary/aromatic N) is 3. The zero-order valence-corrected chi connectivity index (χ0v) is 19.8. The van der Waals surface area contributed by atoms with Crippen LogP contribution in [0, 0.1) is 17.8 Å². The number of aromatic amines is 1. The normalized spacial score (nSPS) is 25.3. The van der Waals surface area contributed by atoms with Crippen LogP contribution in [0.1, 0.15) is 16.8 Å². The zero-order chi connectivity index (χ0) is 24.1. The average Bonchev–Trinajstić information content (AvgIpc) is 3.61. The summed E-state index contributed by atoms with van der Waals surface area (Å²) in [6, 6.07) is 7.28. The lowest BCUT2D eigenvalue weighted by Crippen LogP contribution is -2.46. The van der Waals surface area contributed by atoms with Gasteiger partial charge in [-0.3, -0.25) is 9.59 Å². The minimum Gasteiger partial charge on any atom is -0.378 e. The Morgan fingerprint density at radius 1 is 1.11 bits per heavy atom. The number of pyridine rings is 1. The van der Waals surface area contributed by atoms with Crippen molar-refractivity contribution in [2.45, 2.75) is 12.5 Å². The van der Waals surface area contributed by atoms with E-state index in [2.05, 4.69) is 37.7 Å². The van der Waals surface area contributed by atoms with Crippen LogP contribution in [0.25, 0.3) is 22.6 Å². The van der Waals surface area contributed by atoms with Gasteiger partial charge in [-0.1, -0.05) is 35.9 Å². The number of fused-ring (bicyclic) bond motifs is 3. The van der Waals surface area contributed by atoms with Gasteiger partial charge in [-0.05, 0) is 30.4 Å². The van der Waals surface area contributed by atoms with Crippen molar-refractivity contribution in [1.82, 2.24) is 25.2 Å². The number of hydrogen-bond acceptors (Lipinski definition) is 6. The largest absolute Gasteiger partial charge is 0.378 e. The van der Waals surface area contributed by atoms with Crippen molar-refractivity contribution in [3.63, 3.8) is 0 Å². The van der Waals surface area contributed by atoms with Crippen LogP contribution in [0.5, 0.6) is 0 Å². The van der Waals surface area contributed by atoms with Gasteiger partial charge in [-0.2, -0.15) is 0 Å². The molecule has 0 unspecified atom stereocenters. The van der Waals surface area contributed by atoms with Crippen LogP contribution < -0.4 is 16.4 Å². The quantitative estimate of drug-likeness (QED) is 0.406. The maximum Gasteiger partial charge on any atom is 0.253 e. The summed E-state index contributed by atoms with van der Waals surface area (Å²) in [4.78, 5) is 39.2. The van der Waals surface area contributed by atoms with Gasteiger partial charge in [0.1, 0.15) is 11.3 Å². The number of primary amides is 1. The number of aromatic nitrogens is 3. The number of halogens is 1. The van der Waals surface area contributed by atoms with Crippen LogP contribution in [0.2, 0.25) is 5.02 Å². The first kappa shape index (κ1) is 22.1. The molecule has 0 radical (unpaired) electrons. The summed E-state index contributed by atoms with van der Waals surface area (Å²) in [6.07, 6.45) is 6.71.